The van der Waals surface area contributed by atoms with Crippen LogP contribution < -0.4 is 0 Å². The fraction of sp³-hybridized carbons (Fsp3) is 0.625. The third-order valence-corrected chi connectivity index (χ3v) is 3.51. The third kappa shape index (κ3) is 2.15. The molecule has 0 spiro atoms. The highest BCUT2D eigenvalue weighted by atomic mass is 32.3. The van der Waals surface area contributed by atoms with Crippen molar-refractivity contribution in [2.45, 2.75) is 24.9 Å². The summed E-state index contributed by atoms with van der Waals surface area (Å²) >= 11 is 0. The molecule has 0 aromatic carbocycles. The topological polar surface area (TPSA) is 126 Å². The monoisotopic (exact) mass is 290 g/mol. The van der Waals surface area contributed by atoms with E-state index in [1.807, 2.05) is 0 Å². The van der Waals surface area contributed by atoms with Crippen LogP contribution in [-0.2, 0) is 14.7 Å². The molecular weight excluding hydrogens is 280 g/mol. The van der Waals surface area contributed by atoms with Crippen molar-refractivity contribution in [3.63, 3.8) is 0 Å². The van der Waals surface area contributed by atoms with Crippen molar-refractivity contribution < 1.29 is 26.5 Å². The van der Waals surface area contributed by atoms with Gasteiger partial charge in [-0.1, -0.05) is 0 Å². The Hall–Kier alpha value is -1.72. The minimum atomic E-state index is -4.72. The van der Waals surface area contributed by atoms with Crippen LogP contribution in [0.1, 0.15) is 24.8 Å². The minimum absolute atomic E-state index is 0.279. The number of aromatic nitrogens is 2. The SMILES string of the molecule is O=C1N2C[C@H](CC[C@H]2c2nnco2)N1OS(=O)(=O)O. The van der Waals surface area contributed by atoms with Crippen LogP contribution in [0.3, 0.4) is 0 Å². The number of hydrogen-bond donors (Lipinski definition) is 1. The highest BCUT2D eigenvalue weighted by Gasteiger charge is 2.48. The molecule has 3 rings (SSSR count). The summed E-state index contributed by atoms with van der Waals surface area (Å²) in [6.07, 6.45) is 2.21. The molecule has 0 saturated carbocycles. The van der Waals surface area contributed by atoms with Crippen LogP contribution >= 0.6 is 0 Å². The Morgan fingerprint density at radius 2 is 2.26 bits per heavy atom. The molecule has 3 heterocycles. The Morgan fingerprint density at radius 3 is 2.89 bits per heavy atom. The van der Waals surface area contributed by atoms with E-state index in [4.69, 9.17) is 8.97 Å². The number of rotatable bonds is 3. The molecule has 2 saturated heterocycles. The van der Waals surface area contributed by atoms with E-state index in [0.29, 0.717) is 23.8 Å². The summed E-state index contributed by atoms with van der Waals surface area (Å²) in [6.45, 7) is 0.279. The van der Waals surface area contributed by atoms with Gasteiger partial charge >= 0.3 is 16.4 Å². The highest BCUT2D eigenvalue weighted by Crippen LogP contribution is 2.37. The van der Waals surface area contributed by atoms with Crippen molar-refractivity contribution in [2.75, 3.05) is 6.54 Å². The van der Waals surface area contributed by atoms with Gasteiger partial charge in [0.25, 0.3) is 0 Å². The molecule has 0 unspecified atom stereocenters. The Bertz CT molecular complexity index is 586. The minimum Gasteiger partial charge on any atom is -0.426 e. The van der Waals surface area contributed by atoms with Gasteiger partial charge in [-0.15, -0.1) is 14.5 Å². The molecule has 2 bridgehead atoms. The summed E-state index contributed by atoms with van der Waals surface area (Å²) in [7, 11) is -4.72. The third-order valence-electron chi connectivity index (χ3n) is 3.16. The summed E-state index contributed by atoms with van der Waals surface area (Å²) in [5.74, 6) is 0.292. The van der Waals surface area contributed by atoms with E-state index >= 15 is 0 Å². The van der Waals surface area contributed by atoms with Crippen LogP contribution in [0.15, 0.2) is 10.8 Å². The highest BCUT2D eigenvalue weighted by molar-refractivity contribution is 7.80. The Labute approximate surface area is 107 Å². The maximum Gasteiger partial charge on any atom is 0.418 e. The lowest BCUT2D eigenvalue weighted by Crippen LogP contribution is -2.35. The molecule has 2 aliphatic heterocycles. The smallest absolute Gasteiger partial charge is 0.418 e. The fourth-order valence-corrected chi connectivity index (χ4v) is 2.80. The zero-order chi connectivity index (χ0) is 13.6. The average molecular weight is 290 g/mol. The zero-order valence-corrected chi connectivity index (χ0v) is 10.4. The predicted molar refractivity (Wildman–Crippen MR) is 56.6 cm³/mol. The van der Waals surface area contributed by atoms with Crippen LogP contribution in [0.25, 0.3) is 0 Å². The van der Waals surface area contributed by atoms with Crippen LogP contribution in [0.4, 0.5) is 4.79 Å². The molecular formula is C8H10N4O6S. The molecule has 10 nitrogen and oxygen atoms in total. The number of carbonyl (C=O) groups is 1. The van der Waals surface area contributed by atoms with Gasteiger partial charge in [0.05, 0.1) is 6.04 Å². The second-order valence-corrected chi connectivity index (χ2v) is 5.29. The van der Waals surface area contributed by atoms with Gasteiger partial charge in [-0.05, 0) is 12.8 Å². The van der Waals surface area contributed by atoms with E-state index in [0.717, 1.165) is 6.39 Å². The van der Waals surface area contributed by atoms with Gasteiger partial charge in [-0.2, -0.15) is 13.5 Å². The molecule has 2 aliphatic rings. The van der Waals surface area contributed by atoms with Crippen LogP contribution in [-0.4, -0.2) is 51.7 Å². The number of urea groups is 1. The summed E-state index contributed by atoms with van der Waals surface area (Å²) < 4.78 is 39.4. The number of hydrogen-bond acceptors (Lipinski definition) is 7. The maximum absolute atomic E-state index is 12.0. The van der Waals surface area contributed by atoms with Crippen molar-refractivity contribution >= 4 is 16.4 Å². The van der Waals surface area contributed by atoms with Gasteiger partial charge in [0, 0.05) is 6.54 Å². The molecule has 2 atom stereocenters. The predicted octanol–water partition coefficient (Wildman–Crippen LogP) is -0.255. The van der Waals surface area contributed by atoms with E-state index in [2.05, 4.69) is 14.5 Å². The van der Waals surface area contributed by atoms with Gasteiger partial charge in [-0.3, -0.25) is 4.55 Å². The van der Waals surface area contributed by atoms with E-state index in [1.54, 1.807) is 0 Å². The van der Waals surface area contributed by atoms with E-state index in [-0.39, 0.29) is 6.54 Å². The van der Waals surface area contributed by atoms with Gasteiger partial charge in [0.2, 0.25) is 12.3 Å². The number of fused-ring (bicyclic) bond motifs is 2. The average Bonchev–Trinajstić information content (AvgIpc) is 2.93. The molecule has 19 heavy (non-hydrogen) atoms. The normalized spacial score (nSPS) is 27.1. The second kappa shape index (κ2) is 4.15. The first-order chi connectivity index (χ1) is 8.96. The van der Waals surface area contributed by atoms with Crippen LogP contribution in [0.5, 0.6) is 0 Å². The number of carbonyl (C=O) groups excluding carboxylic acids is 1. The first-order valence-electron chi connectivity index (χ1n) is 5.48. The summed E-state index contributed by atoms with van der Waals surface area (Å²) in [4.78, 5) is 13.4. The van der Waals surface area contributed by atoms with E-state index < -0.39 is 28.5 Å². The quantitative estimate of drug-likeness (QED) is 0.755. The number of piperidine rings is 1. The van der Waals surface area contributed by atoms with E-state index in [9.17, 15) is 13.2 Å². The lowest BCUT2D eigenvalue weighted by atomic mass is 10.0. The number of amides is 2. The van der Waals surface area contributed by atoms with Crippen molar-refractivity contribution in [1.82, 2.24) is 20.2 Å². The van der Waals surface area contributed by atoms with Gasteiger partial charge in [-0.25, -0.2) is 4.79 Å². The van der Waals surface area contributed by atoms with Crippen LogP contribution in [0, 0.1) is 0 Å². The lowest BCUT2D eigenvalue weighted by molar-refractivity contribution is -0.0317. The molecule has 0 radical (unpaired) electrons. The molecule has 0 aliphatic carbocycles. The van der Waals surface area contributed by atoms with Crippen molar-refractivity contribution in [2.24, 2.45) is 0 Å². The van der Waals surface area contributed by atoms with Gasteiger partial charge in [0.1, 0.15) is 6.04 Å². The molecule has 1 aromatic heterocycles. The first kappa shape index (κ1) is 12.3. The fourth-order valence-electron chi connectivity index (χ4n) is 2.42. The second-order valence-electron chi connectivity index (χ2n) is 4.29. The molecule has 1 N–H and O–H groups in total. The van der Waals surface area contributed by atoms with Crippen molar-refractivity contribution in [1.29, 1.82) is 0 Å². The standard InChI is InChI=1S/C8H10N4O6S/c13-8-11-3-5(12(8)18-19(14,15)16)1-2-6(11)7-10-9-4-17-7/h4-6H,1-3H2,(H,14,15,16)/t5-,6-/m0/s1. The zero-order valence-electron chi connectivity index (χ0n) is 9.54. The largest absolute Gasteiger partial charge is 0.426 e. The molecule has 2 amide bonds. The number of hydroxylamine groups is 2. The van der Waals surface area contributed by atoms with Crippen molar-refractivity contribution in [3.8, 4) is 0 Å². The Kier molecular flexibility index (Phi) is 2.69. The summed E-state index contributed by atoms with van der Waals surface area (Å²) in [5, 5.41) is 7.97. The Balaban J connectivity index is 1.84. The Morgan fingerprint density at radius 1 is 1.47 bits per heavy atom. The summed E-state index contributed by atoms with van der Waals surface area (Å²) in [5.41, 5.74) is 0. The van der Waals surface area contributed by atoms with Gasteiger partial charge in [0.15, 0.2) is 0 Å². The molecule has 1 aromatic rings. The summed E-state index contributed by atoms with van der Waals surface area (Å²) in [6, 6.07) is -1.47. The molecule has 2 fully saturated rings. The number of nitrogens with zero attached hydrogens (tertiary/aromatic N) is 4. The lowest BCUT2D eigenvalue weighted by Gasteiger charge is -2.27. The maximum atomic E-state index is 12.0. The molecule has 104 valence electrons. The van der Waals surface area contributed by atoms with Crippen molar-refractivity contribution in [3.05, 3.63) is 12.3 Å². The molecule has 11 heteroatoms. The van der Waals surface area contributed by atoms with E-state index in [1.165, 1.54) is 4.90 Å². The first-order valence-corrected chi connectivity index (χ1v) is 6.85. The van der Waals surface area contributed by atoms with Gasteiger partial charge < -0.3 is 9.32 Å². The van der Waals surface area contributed by atoms with Crippen LogP contribution in [0.2, 0.25) is 0 Å².